The monoisotopic (exact) mass is 366 g/mol. The predicted molar refractivity (Wildman–Crippen MR) is 101 cm³/mol. The highest BCUT2D eigenvalue weighted by atomic mass is 16.5. The molecule has 1 heterocycles. The Labute approximate surface area is 158 Å². The van der Waals surface area contributed by atoms with Crippen molar-refractivity contribution in [3.63, 3.8) is 0 Å². The van der Waals surface area contributed by atoms with Crippen molar-refractivity contribution in [3.05, 3.63) is 65.7 Å². The Morgan fingerprint density at radius 2 is 1.70 bits per heavy atom. The van der Waals surface area contributed by atoms with Crippen LogP contribution >= 0.6 is 0 Å². The molecule has 0 aliphatic carbocycles. The number of carbonyl (C=O) groups excluding carboxylic acids is 3. The standard InChI is InChI=1S/C21H22N2O4/c1-22(2)20(25)19(15-7-4-3-5-8-15)27-21(26)16-10-12-17(13-11-16)23-14-6-9-18(23)24/h3-5,7-8,10-13,19H,6,9,14H2,1-2H3. The van der Waals surface area contributed by atoms with Crippen molar-refractivity contribution in [3.8, 4) is 0 Å². The average Bonchev–Trinajstić information content (AvgIpc) is 3.12. The number of amides is 2. The fourth-order valence-corrected chi connectivity index (χ4v) is 3.00. The molecule has 0 N–H and O–H groups in total. The molecule has 0 aromatic heterocycles. The van der Waals surface area contributed by atoms with Gasteiger partial charge in [-0.3, -0.25) is 9.59 Å². The van der Waals surface area contributed by atoms with Crippen LogP contribution in [-0.2, 0) is 14.3 Å². The molecule has 1 aliphatic rings. The van der Waals surface area contributed by atoms with E-state index in [2.05, 4.69) is 0 Å². The summed E-state index contributed by atoms with van der Waals surface area (Å²) in [5, 5.41) is 0. The topological polar surface area (TPSA) is 66.9 Å². The van der Waals surface area contributed by atoms with E-state index in [1.54, 1.807) is 67.5 Å². The van der Waals surface area contributed by atoms with Crippen molar-refractivity contribution in [1.29, 1.82) is 0 Å². The smallest absolute Gasteiger partial charge is 0.339 e. The fourth-order valence-electron chi connectivity index (χ4n) is 3.00. The lowest BCUT2D eigenvalue weighted by molar-refractivity contribution is -0.138. The maximum Gasteiger partial charge on any atom is 0.339 e. The van der Waals surface area contributed by atoms with Gasteiger partial charge < -0.3 is 14.5 Å². The molecule has 2 aromatic rings. The third kappa shape index (κ3) is 4.16. The van der Waals surface area contributed by atoms with Crippen molar-refractivity contribution in [2.75, 3.05) is 25.5 Å². The fraction of sp³-hybridized carbons (Fsp3) is 0.286. The SMILES string of the molecule is CN(C)C(=O)C(OC(=O)c1ccc(N2CCCC2=O)cc1)c1ccccc1. The van der Waals surface area contributed by atoms with E-state index in [9.17, 15) is 14.4 Å². The van der Waals surface area contributed by atoms with Crippen molar-refractivity contribution in [2.45, 2.75) is 18.9 Å². The van der Waals surface area contributed by atoms with Gasteiger partial charge in [-0.25, -0.2) is 4.79 Å². The summed E-state index contributed by atoms with van der Waals surface area (Å²) < 4.78 is 5.52. The molecular weight excluding hydrogens is 344 g/mol. The lowest BCUT2D eigenvalue weighted by atomic mass is 10.1. The minimum Gasteiger partial charge on any atom is -0.444 e. The van der Waals surface area contributed by atoms with E-state index in [-0.39, 0.29) is 11.8 Å². The molecule has 0 bridgehead atoms. The summed E-state index contributed by atoms with van der Waals surface area (Å²) in [6, 6.07) is 15.6. The molecule has 27 heavy (non-hydrogen) atoms. The number of likely N-dealkylation sites (N-methyl/N-ethyl adjacent to an activating group) is 1. The van der Waals surface area contributed by atoms with Gasteiger partial charge >= 0.3 is 5.97 Å². The zero-order valence-corrected chi connectivity index (χ0v) is 15.4. The van der Waals surface area contributed by atoms with E-state index in [0.29, 0.717) is 24.1 Å². The number of ether oxygens (including phenoxy) is 1. The van der Waals surface area contributed by atoms with Gasteiger partial charge in [0.2, 0.25) is 12.0 Å². The van der Waals surface area contributed by atoms with E-state index in [1.807, 2.05) is 6.07 Å². The molecule has 6 heteroatoms. The molecule has 2 amide bonds. The van der Waals surface area contributed by atoms with Crippen molar-refractivity contribution < 1.29 is 19.1 Å². The number of nitrogens with zero attached hydrogens (tertiary/aromatic N) is 2. The van der Waals surface area contributed by atoms with Crippen LogP contribution in [0.25, 0.3) is 0 Å². The Bertz CT molecular complexity index is 831. The maximum absolute atomic E-state index is 12.6. The molecule has 0 radical (unpaired) electrons. The lowest BCUT2D eigenvalue weighted by Gasteiger charge is -2.21. The summed E-state index contributed by atoms with van der Waals surface area (Å²) in [4.78, 5) is 40.0. The van der Waals surface area contributed by atoms with Gasteiger partial charge in [-0.05, 0) is 30.7 Å². The molecular formula is C21H22N2O4. The lowest BCUT2D eigenvalue weighted by Crippen LogP contribution is -2.31. The Balaban J connectivity index is 1.77. The van der Waals surface area contributed by atoms with Crippen LogP contribution in [-0.4, -0.2) is 43.3 Å². The van der Waals surface area contributed by atoms with Gasteiger partial charge in [0, 0.05) is 38.3 Å². The second kappa shape index (κ2) is 8.03. The van der Waals surface area contributed by atoms with Gasteiger partial charge in [0.25, 0.3) is 5.91 Å². The first-order valence-corrected chi connectivity index (χ1v) is 8.85. The summed E-state index contributed by atoms with van der Waals surface area (Å²) in [5.74, 6) is -0.807. The number of benzene rings is 2. The number of carbonyl (C=O) groups is 3. The van der Waals surface area contributed by atoms with Gasteiger partial charge in [-0.2, -0.15) is 0 Å². The van der Waals surface area contributed by atoms with Gasteiger partial charge in [0.15, 0.2) is 0 Å². The number of esters is 1. The van der Waals surface area contributed by atoms with Gasteiger partial charge in [-0.15, -0.1) is 0 Å². The molecule has 0 saturated carbocycles. The molecule has 1 saturated heterocycles. The van der Waals surface area contributed by atoms with Gasteiger partial charge in [-0.1, -0.05) is 30.3 Å². The third-order valence-electron chi connectivity index (χ3n) is 4.48. The van der Waals surface area contributed by atoms with Crippen LogP contribution in [0, 0.1) is 0 Å². The van der Waals surface area contributed by atoms with Crippen LogP contribution < -0.4 is 4.90 Å². The summed E-state index contributed by atoms with van der Waals surface area (Å²) in [6.45, 7) is 0.691. The Morgan fingerprint density at radius 1 is 1.04 bits per heavy atom. The Morgan fingerprint density at radius 3 is 2.26 bits per heavy atom. The van der Waals surface area contributed by atoms with Gasteiger partial charge in [0.1, 0.15) is 0 Å². The summed E-state index contributed by atoms with van der Waals surface area (Å²) >= 11 is 0. The first-order valence-electron chi connectivity index (χ1n) is 8.85. The first-order chi connectivity index (χ1) is 13.0. The number of rotatable bonds is 5. The molecule has 3 rings (SSSR count). The number of hydrogen-bond donors (Lipinski definition) is 0. The van der Waals surface area contributed by atoms with E-state index in [4.69, 9.17) is 4.74 Å². The Kier molecular flexibility index (Phi) is 5.54. The summed E-state index contributed by atoms with van der Waals surface area (Å²) in [7, 11) is 3.24. The molecule has 1 aliphatic heterocycles. The maximum atomic E-state index is 12.6. The van der Waals surface area contributed by atoms with Crippen LogP contribution in [0.15, 0.2) is 54.6 Å². The molecule has 6 nitrogen and oxygen atoms in total. The van der Waals surface area contributed by atoms with E-state index < -0.39 is 12.1 Å². The molecule has 1 fully saturated rings. The zero-order chi connectivity index (χ0) is 19.4. The second-order valence-electron chi connectivity index (χ2n) is 6.62. The highest BCUT2D eigenvalue weighted by molar-refractivity contribution is 5.97. The van der Waals surface area contributed by atoms with Crippen molar-refractivity contribution >= 4 is 23.5 Å². The minimum absolute atomic E-state index is 0.0889. The van der Waals surface area contributed by atoms with Crippen molar-refractivity contribution in [1.82, 2.24) is 4.90 Å². The van der Waals surface area contributed by atoms with Crippen LogP contribution in [0.5, 0.6) is 0 Å². The predicted octanol–water partition coefficient (Wildman–Crippen LogP) is 2.80. The largest absolute Gasteiger partial charge is 0.444 e. The van der Waals surface area contributed by atoms with Crippen LogP contribution in [0.2, 0.25) is 0 Å². The highest BCUT2D eigenvalue weighted by Gasteiger charge is 2.27. The average molecular weight is 366 g/mol. The molecule has 0 spiro atoms. The van der Waals surface area contributed by atoms with E-state index in [1.165, 1.54) is 4.90 Å². The second-order valence-corrected chi connectivity index (χ2v) is 6.62. The summed E-state index contributed by atoms with van der Waals surface area (Å²) in [5.41, 5.74) is 1.71. The van der Waals surface area contributed by atoms with Crippen LogP contribution in [0.3, 0.4) is 0 Å². The number of hydrogen-bond acceptors (Lipinski definition) is 4. The number of anilines is 1. The van der Waals surface area contributed by atoms with Crippen molar-refractivity contribution in [2.24, 2.45) is 0 Å². The zero-order valence-electron chi connectivity index (χ0n) is 15.4. The minimum atomic E-state index is -1.01. The van der Waals surface area contributed by atoms with E-state index in [0.717, 1.165) is 12.1 Å². The molecule has 1 atom stereocenters. The first kappa shape index (κ1) is 18.6. The van der Waals surface area contributed by atoms with E-state index >= 15 is 0 Å². The third-order valence-corrected chi connectivity index (χ3v) is 4.48. The summed E-state index contributed by atoms with van der Waals surface area (Å²) in [6.07, 6.45) is 0.386. The normalized spacial score (nSPS) is 14.7. The van der Waals surface area contributed by atoms with Gasteiger partial charge in [0.05, 0.1) is 5.56 Å². The molecule has 2 aromatic carbocycles. The Hall–Kier alpha value is -3.15. The highest BCUT2D eigenvalue weighted by Crippen LogP contribution is 2.24. The quantitative estimate of drug-likeness (QED) is 0.763. The molecule has 140 valence electrons. The molecule has 1 unspecified atom stereocenters. The van der Waals surface area contributed by atoms with Crippen LogP contribution in [0.4, 0.5) is 5.69 Å². The van der Waals surface area contributed by atoms with Crippen LogP contribution in [0.1, 0.15) is 34.9 Å².